The van der Waals surface area contributed by atoms with Gasteiger partial charge in [0.05, 0.1) is 36.8 Å². The first-order valence-electron chi connectivity index (χ1n) is 7.32. The molecule has 0 radical (unpaired) electrons. The average Bonchev–Trinajstić information content (AvgIpc) is 2.52. The minimum atomic E-state index is -0.238. The van der Waals surface area contributed by atoms with Crippen LogP contribution in [0.4, 0.5) is 5.69 Å². The molecular weight excluding hydrogens is 272 g/mol. The number of ether oxygens (including phenoxy) is 2. The van der Waals surface area contributed by atoms with Crippen molar-refractivity contribution in [3.05, 3.63) is 12.4 Å². The van der Waals surface area contributed by atoms with Crippen LogP contribution in [0, 0.1) is 0 Å². The molecule has 21 heavy (non-hydrogen) atoms. The van der Waals surface area contributed by atoms with Gasteiger partial charge in [0.1, 0.15) is 6.61 Å². The van der Waals surface area contributed by atoms with Crippen LogP contribution in [0.1, 0.15) is 19.8 Å². The van der Waals surface area contributed by atoms with Crippen LogP contribution in [0.3, 0.4) is 0 Å². The molecule has 3 rings (SSSR count). The van der Waals surface area contributed by atoms with Crippen molar-refractivity contribution in [1.82, 2.24) is 15.3 Å². The molecule has 1 aromatic heterocycles. The minimum Gasteiger partial charge on any atom is -0.464 e. The maximum absolute atomic E-state index is 12.1. The van der Waals surface area contributed by atoms with Gasteiger partial charge in [0.2, 0.25) is 0 Å². The molecule has 3 heterocycles. The van der Waals surface area contributed by atoms with E-state index in [0.29, 0.717) is 24.8 Å². The Morgan fingerprint density at radius 1 is 1.38 bits per heavy atom. The van der Waals surface area contributed by atoms with Gasteiger partial charge in [-0.1, -0.05) is 0 Å². The number of carbonyl (C=O) groups excluding carboxylic acids is 1. The number of nitrogens with one attached hydrogen (secondary N) is 1. The number of amides is 1. The second kappa shape index (κ2) is 5.95. The van der Waals surface area contributed by atoms with Crippen molar-refractivity contribution in [2.45, 2.75) is 25.4 Å². The van der Waals surface area contributed by atoms with E-state index in [1.54, 1.807) is 17.3 Å². The molecule has 2 aliphatic heterocycles. The zero-order chi connectivity index (χ0) is 14.7. The lowest BCUT2D eigenvalue weighted by Crippen LogP contribution is -2.58. The molecule has 1 N–H and O–H groups in total. The Bertz CT molecular complexity index is 499. The van der Waals surface area contributed by atoms with Crippen molar-refractivity contribution in [2.24, 2.45) is 0 Å². The lowest BCUT2D eigenvalue weighted by Gasteiger charge is -2.44. The highest BCUT2D eigenvalue weighted by Crippen LogP contribution is 2.30. The Balaban J connectivity index is 1.77. The molecule has 7 heteroatoms. The van der Waals surface area contributed by atoms with Crippen LogP contribution in [0.2, 0.25) is 0 Å². The molecule has 1 spiro atoms. The molecule has 2 saturated heterocycles. The van der Waals surface area contributed by atoms with Crippen molar-refractivity contribution < 1.29 is 14.3 Å². The molecule has 0 saturated carbocycles. The van der Waals surface area contributed by atoms with Crippen LogP contribution in [-0.4, -0.2) is 54.3 Å². The van der Waals surface area contributed by atoms with Crippen LogP contribution in [0.5, 0.6) is 6.01 Å². The monoisotopic (exact) mass is 292 g/mol. The summed E-state index contributed by atoms with van der Waals surface area (Å²) in [6.07, 6.45) is 5.09. The summed E-state index contributed by atoms with van der Waals surface area (Å²) in [5.41, 5.74) is 0.460. The fourth-order valence-electron chi connectivity index (χ4n) is 2.79. The standard InChI is InChI=1S/C14H20N4O3/c1-2-20-13-16-7-11(8-17-13)18-10-14(21-9-12(18)19)3-5-15-6-4-14/h7-8,15H,2-6,9-10H2,1H3. The summed E-state index contributed by atoms with van der Waals surface area (Å²) in [6.45, 7) is 4.91. The molecular formula is C14H20N4O3. The first kappa shape index (κ1) is 14.2. The van der Waals surface area contributed by atoms with E-state index >= 15 is 0 Å². The van der Waals surface area contributed by atoms with Crippen LogP contribution in [0.15, 0.2) is 12.4 Å². The summed E-state index contributed by atoms with van der Waals surface area (Å²) in [5, 5.41) is 3.32. The minimum absolute atomic E-state index is 0.0492. The first-order valence-corrected chi connectivity index (χ1v) is 7.32. The Morgan fingerprint density at radius 2 is 2.10 bits per heavy atom. The Kier molecular flexibility index (Phi) is 4.03. The van der Waals surface area contributed by atoms with Gasteiger partial charge in [-0.25, -0.2) is 9.97 Å². The molecule has 1 aromatic rings. The Morgan fingerprint density at radius 3 is 2.76 bits per heavy atom. The van der Waals surface area contributed by atoms with Gasteiger partial charge in [-0.05, 0) is 32.9 Å². The van der Waals surface area contributed by atoms with E-state index in [2.05, 4.69) is 15.3 Å². The Hall–Kier alpha value is -1.73. The number of nitrogens with zero attached hydrogens (tertiary/aromatic N) is 3. The van der Waals surface area contributed by atoms with Crippen molar-refractivity contribution in [1.29, 1.82) is 0 Å². The Labute approximate surface area is 123 Å². The van der Waals surface area contributed by atoms with E-state index in [1.165, 1.54) is 0 Å². The van der Waals surface area contributed by atoms with E-state index in [-0.39, 0.29) is 18.1 Å². The van der Waals surface area contributed by atoms with Gasteiger partial charge in [0, 0.05) is 0 Å². The predicted octanol–water partition coefficient (Wildman–Crippen LogP) is 0.361. The first-order chi connectivity index (χ1) is 10.2. The number of morpholine rings is 1. The second-order valence-electron chi connectivity index (χ2n) is 5.36. The molecule has 0 bridgehead atoms. The summed E-state index contributed by atoms with van der Waals surface area (Å²) in [4.78, 5) is 22.1. The topological polar surface area (TPSA) is 76.6 Å². The zero-order valence-corrected chi connectivity index (χ0v) is 12.2. The lowest BCUT2D eigenvalue weighted by molar-refractivity contribution is -0.141. The highest BCUT2D eigenvalue weighted by molar-refractivity contribution is 5.94. The molecule has 0 aromatic carbocycles. The van der Waals surface area contributed by atoms with Crippen molar-refractivity contribution >= 4 is 11.6 Å². The number of anilines is 1. The summed E-state index contributed by atoms with van der Waals surface area (Å²) in [7, 11) is 0. The van der Waals surface area contributed by atoms with Crippen LogP contribution in [-0.2, 0) is 9.53 Å². The van der Waals surface area contributed by atoms with Gasteiger partial charge in [-0.2, -0.15) is 0 Å². The SMILES string of the molecule is CCOc1ncc(N2CC3(CCNCC3)OCC2=O)cn1. The predicted molar refractivity (Wildman–Crippen MR) is 76.3 cm³/mol. The molecule has 0 unspecified atom stereocenters. The lowest BCUT2D eigenvalue weighted by atomic mass is 9.90. The number of carbonyl (C=O) groups is 1. The smallest absolute Gasteiger partial charge is 0.316 e. The fourth-order valence-corrected chi connectivity index (χ4v) is 2.79. The van der Waals surface area contributed by atoms with Crippen molar-refractivity contribution in [3.8, 4) is 6.01 Å². The maximum Gasteiger partial charge on any atom is 0.316 e. The average molecular weight is 292 g/mol. The third-order valence-electron chi connectivity index (χ3n) is 3.96. The number of rotatable bonds is 3. The van der Waals surface area contributed by atoms with E-state index in [9.17, 15) is 4.79 Å². The quantitative estimate of drug-likeness (QED) is 0.867. The zero-order valence-electron chi connectivity index (χ0n) is 12.2. The molecule has 114 valence electrons. The van der Waals surface area contributed by atoms with Crippen molar-refractivity contribution in [3.63, 3.8) is 0 Å². The largest absolute Gasteiger partial charge is 0.464 e. The molecule has 7 nitrogen and oxygen atoms in total. The number of hydrogen-bond acceptors (Lipinski definition) is 6. The van der Waals surface area contributed by atoms with Gasteiger partial charge in [-0.15, -0.1) is 0 Å². The molecule has 0 atom stereocenters. The highest BCUT2D eigenvalue weighted by Gasteiger charge is 2.41. The van der Waals surface area contributed by atoms with Crippen LogP contribution in [0.25, 0.3) is 0 Å². The molecule has 2 aliphatic rings. The van der Waals surface area contributed by atoms with Gasteiger partial charge >= 0.3 is 6.01 Å². The van der Waals surface area contributed by atoms with E-state index in [0.717, 1.165) is 25.9 Å². The fraction of sp³-hybridized carbons (Fsp3) is 0.643. The summed E-state index contributed by atoms with van der Waals surface area (Å²) in [5.74, 6) is -0.0492. The van der Waals surface area contributed by atoms with Crippen molar-refractivity contribution in [2.75, 3.05) is 37.7 Å². The summed E-state index contributed by atoms with van der Waals surface area (Å²) < 4.78 is 11.1. The van der Waals surface area contributed by atoms with E-state index < -0.39 is 0 Å². The van der Waals surface area contributed by atoms with Gasteiger partial charge < -0.3 is 19.7 Å². The van der Waals surface area contributed by atoms with Gasteiger partial charge in [-0.3, -0.25) is 4.79 Å². The molecule has 1 amide bonds. The second-order valence-corrected chi connectivity index (χ2v) is 5.36. The summed E-state index contributed by atoms with van der Waals surface area (Å²) >= 11 is 0. The van der Waals surface area contributed by atoms with Gasteiger partial charge in [0.15, 0.2) is 0 Å². The van der Waals surface area contributed by atoms with Crippen LogP contribution >= 0.6 is 0 Å². The number of aromatic nitrogens is 2. The highest BCUT2D eigenvalue weighted by atomic mass is 16.5. The summed E-state index contributed by atoms with van der Waals surface area (Å²) in [6, 6.07) is 0.332. The van der Waals surface area contributed by atoms with Crippen LogP contribution < -0.4 is 15.0 Å². The molecule has 0 aliphatic carbocycles. The number of hydrogen-bond donors (Lipinski definition) is 1. The van der Waals surface area contributed by atoms with Gasteiger partial charge in [0.25, 0.3) is 5.91 Å². The molecule has 2 fully saturated rings. The van der Waals surface area contributed by atoms with E-state index in [4.69, 9.17) is 9.47 Å². The third-order valence-corrected chi connectivity index (χ3v) is 3.96. The maximum atomic E-state index is 12.1. The van der Waals surface area contributed by atoms with E-state index in [1.807, 2.05) is 6.92 Å². The number of piperidine rings is 1. The normalized spacial score (nSPS) is 21.6. The third kappa shape index (κ3) is 2.98.